The van der Waals surface area contributed by atoms with Crippen LogP contribution in [0, 0.1) is 5.92 Å². The van der Waals surface area contributed by atoms with E-state index in [1.54, 1.807) is 0 Å². The number of hydrogen-bond donors (Lipinski definition) is 1. The van der Waals surface area contributed by atoms with Gasteiger partial charge in [-0.05, 0) is 38.0 Å². The van der Waals surface area contributed by atoms with E-state index in [9.17, 15) is 4.79 Å². The minimum Gasteiger partial charge on any atom is -0.342 e. The molecule has 0 bridgehead atoms. The van der Waals surface area contributed by atoms with Crippen LogP contribution in [0.25, 0.3) is 0 Å². The van der Waals surface area contributed by atoms with Crippen molar-refractivity contribution in [2.45, 2.75) is 57.4 Å². The van der Waals surface area contributed by atoms with Crippen LogP contribution in [0.4, 0.5) is 0 Å². The molecule has 2 fully saturated rings. The maximum atomic E-state index is 12.1. The topological polar surface area (TPSA) is 46.3 Å². The van der Waals surface area contributed by atoms with Crippen LogP contribution in [0.1, 0.15) is 51.9 Å². The lowest BCUT2D eigenvalue weighted by molar-refractivity contribution is -0.135. The lowest BCUT2D eigenvalue weighted by Crippen LogP contribution is -2.51. The molecule has 92 valence electrons. The van der Waals surface area contributed by atoms with Crippen LogP contribution in [-0.4, -0.2) is 29.4 Å². The lowest BCUT2D eigenvalue weighted by atomic mass is 9.75. The second-order valence-corrected chi connectivity index (χ2v) is 5.65. The molecule has 3 nitrogen and oxygen atoms in total. The fourth-order valence-corrected chi connectivity index (χ4v) is 2.85. The number of nitrogens with zero attached hydrogens (tertiary/aromatic N) is 1. The van der Waals surface area contributed by atoms with E-state index in [4.69, 9.17) is 5.73 Å². The first kappa shape index (κ1) is 11.9. The average Bonchev–Trinajstić information content (AvgIpc) is 2.27. The number of hydrogen-bond acceptors (Lipinski definition) is 2. The second-order valence-electron chi connectivity index (χ2n) is 5.65. The molecule has 2 aliphatic rings. The Morgan fingerprint density at radius 1 is 1.44 bits per heavy atom. The van der Waals surface area contributed by atoms with Crippen molar-refractivity contribution in [3.05, 3.63) is 0 Å². The fraction of sp³-hybridized carbons (Fsp3) is 0.923. The summed E-state index contributed by atoms with van der Waals surface area (Å²) in [5.41, 5.74) is 5.97. The third-order valence-electron chi connectivity index (χ3n) is 4.30. The van der Waals surface area contributed by atoms with Gasteiger partial charge >= 0.3 is 0 Å². The van der Waals surface area contributed by atoms with Crippen molar-refractivity contribution in [3.8, 4) is 0 Å². The summed E-state index contributed by atoms with van der Waals surface area (Å²) in [4.78, 5) is 14.2. The Balaban J connectivity index is 1.84. The Hall–Kier alpha value is -0.570. The second kappa shape index (κ2) is 4.74. The molecular formula is C13H24N2O. The van der Waals surface area contributed by atoms with Gasteiger partial charge < -0.3 is 10.6 Å². The lowest BCUT2D eigenvalue weighted by Gasteiger charge is -2.40. The van der Waals surface area contributed by atoms with E-state index >= 15 is 0 Å². The highest BCUT2D eigenvalue weighted by atomic mass is 16.2. The standard InChI is InChI=1S/C13H24N2O/c1-2-11-5-3-8-15(10-11)12(16)9-13(14)6-4-7-13/h11H,2-10,14H2,1H3. The molecule has 1 amide bonds. The molecule has 0 aromatic rings. The molecule has 3 heteroatoms. The molecule has 0 spiro atoms. The van der Waals surface area contributed by atoms with Crippen LogP contribution in [-0.2, 0) is 4.79 Å². The van der Waals surface area contributed by atoms with E-state index in [0.29, 0.717) is 18.2 Å². The van der Waals surface area contributed by atoms with Gasteiger partial charge in [-0.1, -0.05) is 13.3 Å². The van der Waals surface area contributed by atoms with Gasteiger partial charge in [-0.3, -0.25) is 4.79 Å². The number of amides is 1. The van der Waals surface area contributed by atoms with Crippen molar-refractivity contribution in [1.82, 2.24) is 4.90 Å². The molecule has 1 saturated carbocycles. The number of likely N-dealkylation sites (tertiary alicyclic amines) is 1. The van der Waals surface area contributed by atoms with Crippen LogP contribution in [0.3, 0.4) is 0 Å². The Bertz CT molecular complexity index is 261. The molecule has 1 aliphatic heterocycles. The molecule has 2 N–H and O–H groups in total. The van der Waals surface area contributed by atoms with Crippen molar-refractivity contribution in [1.29, 1.82) is 0 Å². The summed E-state index contributed by atoms with van der Waals surface area (Å²) >= 11 is 0. The molecular weight excluding hydrogens is 200 g/mol. The molecule has 0 aromatic heterocycles. The van der Waals surface area contributed by atoms with E-state index in [1.165, 1.54) is 25.7 Å². The van der Waals surface area contributed by atoms with Gasteiger partial charge in [0.2, 0.25) is 5.91 Å². The van der Waals surface area contributed by atoms with Crippen LogP contribution in [0.15, 0.2) is 0 Å². The van der Waals surface area contributed by atoms with E-state index in [2.05, 4.69) is 6.92 Å². The fourth-order valence-electron chi connectivity index (χ4n) is 2.85. The van der Waals surface area contributed by atoms with Gasteiger partial charge in [-0.15, -0.1) is 0 Å². The number of rotatable bonds is 3. The summed E-state index contributed by atoms with van der Waals surface area (Å²) in [7, 11) is 0. The molecule has 0 radical (unpaired) electrons. The van der Waals surface area contributed by atoms with Crippen molar-refractivity contribution >= 4 is 5.91 Å². The first-order chi connectivity index (χ1) is 7.63. The summed E-state index contributed by atoms with van der Waals surface area (Å²) in [6.07, 6.45) is 7.48. The zero-order chi connectivity index (χ0) is 11.6. The van der Waals surface area contributed by atoms with Gasteiger partial charge in [0, 0.05) is 25.0 Å². The third-order valence-corrected chi connectivity index (χ3v) is 4.30. The molecule has 16 heavy (non-hydrogen) atoms. The highest BCUT2D eigenvalue weighted by Gasteiger charge is 2.36. The van der Waals surface area contributed by atoms with E-state index in [0.717, 1.165) is 25.9 Å². The van der Waals surface area contributed by atoms with Crippen LogP contribution in [0.2, 0.25) is 0 Å². The van der Waals surface area contributed by atoms with Gasteiger partial charge in [-0.25, -0.2) is 0 Å². The summed E-state index contributed by atoms with van der Waals surface area (Å²) in [5.74, 6) is 1.01. The van der Waals surface area contributed by atoms with Crippen LogP contribution in [0.5, 0.6) is 0 Å². The summed E-state index contributed by atoms with van der Waals surface area (Å²) < 4.78 is 0. The Labute approximate surface area is 98.4 Å². The minimum absolute atomic E-state index is 0.157. The highest BCUT2D eigenvalue weighted by molar-refractivity contribution is 5.77. The average molecular weight is 224 g/mol. The molecule has 1 atom stereocenters. The number of piperidine rings is 1. The summed E-state index contributed by atoms with van der Waals surface area (Å²) in [6, 6.07) is 0. The molecule has 1 saturated heterocycles. The minimum atomic E-state index is -0.157. The molecule has 2 rings (SSSR count). The Morgan fingerprint density at radius 2 is 2.19 bits per heavy atom. The first-order valence-corrected chi connectivity index (χ1v) is 6.69. The maximum absolute atomic E-state index is 12.1. The summed E-state index contributed by atoms with van der Waals surface area (Å²) in [6.45, 7) is 4.13. The zero-order valence-electron chi connectivity index (χ0n) is 10.4. The van der Waals surface area contributed by atoms with Gasteiger partial charge in [0.1, 0.15) is 0 Å². The Morgan fingerprint density at radius 3 is 2.75 bits per heavy atom. The number of carbonyl (C=O) groups is 1. The maximum Gasteiger partial charge on any atom is 0.224 e. The van der Waals surface area contributed by atoms with Crippen molar-refractivity contribution in [2.75, 3.05) is 13.1 Å². The van der Waals surface area contributed by atoms with E-state index in [1.807, 2.05) is 4.90 Å². The van der Waals surface area contributed by atoms with E-state index in [-0.39, 0.29) is 5.54 Å². The molecule has 0 aromatic carbocycles. The van der Waals surface area contributed by atoms with E-state index < -0.39 is 0 Å². The highest BCUT2D eigenvalue weighted by Crippen LogP contribution is 2.33. The van der Waals surface area contributed by atoms with Crippen molar-refractivity contribution < 1.29 is 4.79 Å². The van der Waals surface area contributed by atoms with Crippen molar-refractivity contribution in [2.24, 2.45) is 11.7 Å². The molecule has 1 heterocycles. The normalized spacial score (nSPS) is 28.6. The zero-order valence-corrected chi connectivity index (χ0v) is 10.4. The third kappa shape index (κ3) is 2.57. The Kier molecular flexibility index (Phi) is 3.53. The van der Waals surface area contributed by atoms with Crippen molar-refractivity contribution in [3.63, 3.8) is 0 Å². The van der Waals surface area contributed by atoms with Crippen LogP contribution >= 0.6 is 0 Å². The largest absolute Gasteiger partial charge is 0.342 e. The van der Waals surface area contributed by atoms with Crippen LogP contribution < -0.4 is 5.73 Å². The first-order valence-electron chi connectivity index (χ1n) is 6.69. The molecule has 1 aliphatic carbocycles. The predicted molar refractivity (Wildman–Crippen MR) is 65.0 cm³/mol. The molecule has 1 unspecified atom stereocenters. The summed E-state index contributed by atoms with van der Waals surface area (Å²) in [5, 5.41) is 0. The smallest absolute Gasteiger partial charge is 0.224 e. The van der Waals surface area contributed by atoms with Gasteiger partial charge in [-0.2, -0.15) is 0 Å². The monoisotopic (exact) mass is 224 g/mol. The van der Waals surface area contributed by atoms with Gasteiger partial charge in [0.15, 0.2) is 0 Å². The predicted octanol–water partition coefficient (Wildman–Crippen LogP) is 1.91. The quantitative estimate of drug-likeness (QED) is 0.796. The SMILES string of the molecule is CCC1CCCN(C(=O)CC2(N)CCC2)C1. The number of carbonyl (C=O) groups excluding carboxylic acids is 1. The van der Waals surface area contributed by atoms with Gasteiger partial charge in [0.05, 0.1) is 0 Å². The number of nitrogens with two attached hydrogens (primary N) is 1. The van der Waals surface area contributed by atoms with Gasteiger partial charge in [0.25, 0.3) is 0 Å².